The zero-order chi connectivity index (χ0) is 18.7. The number of nitrogens with zero attached hydrogens (tertiary/aromatic N) is 2. The van der Waals surface area contributed by atoms with Crippen molar-refractivity contribution in [1.29, 1.82) is 0 Å². The molecule has 0 N–H and O–H groups in total. The van der Waals surface area contributed by atoms with Crippen LogP contribution in [0.15, 0.2) is 40.6 Å². The minimum absolute atomic E-state index is 0.0670. The molecule has 0 atom stereocenters. The topological polar surface area (TPSA) is 66.9 Å². The molecule has 1 amide bonds. The second-order valence-corrected chi connectivity index (χ2v) is 9.18. The standard InChI is InChI=1S/C17H19ClN2O4S2/c1-19(12-13-2-4-14(18)5-3-13)17(21)16-15(6-11-25-16)26(22,23)20-7-9-24-10-8-20/h2-6,11H,7-10,12H2,1H3. The van der Waals surface area contributed by atoms with E-state index in [0.717, 1.165) is 16.9 Å². The lowest BCUT2D eigenvalue weighted by molar-refractivity contribution is 0.0728. The number of carbonyl (C=O) groups excluding carboxylic acids is 1. The number of rotatable bonds is 5. The lowest BCUT2D eigenvalue weighted by atomic mass is 10.2. The Bertz CT molecular complexity index is 874. The Kier molecular flexibility index (Phi) is 5.99. The summed E-state index contributed by atoms with van der Waals surface area (Å²) in [5.41, 5.74) is 0.916. The van der Waals surface area contributed by atoms with Crippen LogP contribution in [0.1, 0.15) is 15.2 Å². The van der Waals surface area contributed by atoms with E-state index >= 15 is 0 Å². The SMILES string of the molecule is CN(Cc1ccc(Cl)cc1)C(=O)c1sccc1S(=O)(=O)N1CCOCC1. The Labute approximate surface area is 162 Å². The van der Waals surface area contributed by atoms with Crippen LogP contribution in [0.25, 0.3) is 0 Å². The first-order chi connectivity index (χ1) is 12.4. The van der Waals surface area contributed by atoms with Crippen LogP contribution < -0.4 is 0 Å². The number of benzene rings is 1. The Morgan fingerprint density at radius 3 is 2.54 bits per heavy atom. The summed E-state index contributed by atoms with van der Waals surface area (Å²) in [7, 11) is -2.05. The number of amides is 1. The second kappa shape index (κ2) is 8.06. The third kappa shape index (κ3) is 4.10. The van der Waals surface area contributed by atoms with Gasteiger partial charge in [0.05, 0.1) is 13.2 Å². The molecule has 6 nitrogen and oxygen atoms in total. The van der Waals surface area contributed by atoms with Gasteiger partial charge in [-0.05, 0) is 29.1 Å². The van der Waals surface area contributed by atoms with Crippen molar-refractivity contribution in [1.82, 2.24) is 9.21 Å². The summed E-state index contributed by atoms with van der Waals surface area (Å²) < 4.78 is 32.4. The van der Waals surface area contributed by atoms with Crippen LogP contribution in [0, 0.1) is 0 Å². The van der Waals surface area contributed by atoms with E-state index < -0.39 is 10.0 Å². The van der Waals surface area contributed by atoms with Gasteiger partial charge in [0.2, 0.25) is 10.0 Å². The lowest BCUT2D eigenvalue weighted by Crippen LogP contribution is -2.41. The Morgan fingerprint density at radius 2 is 1.88 bits per heavy atom. The molecule has 1 aromatic heterocycles. The lowest BCUT2D eigenvalue weighted by Gasteiger charge is -2.26. The first kappa shape index (κ1) is 19.3. The van der Waals surface area contributed by atoms with Crippen LogP contribution in [0.3, 0.4) is 0 Å². The van der Waals surface area contributed by atoms with Gasteiger partial charge in [0.15, 0.2) is 0 Å². The Hall–Kier alpha value is -1.45. The third-order valence-corrected chi connectivity index (χ3v) is 7.32. The molecular formula is C17H19ClN2O4S2. The molecule has 26 heavy (non-hydrogen) atoms. The normalized spacial score (nSPS) is 15.8. The zero-order valence-corrected chi connectivity index (χ0v) is 16.6. The van der Waals surface area contributed by atoms with Gasteiger partial charge in [-0.1, -0.05) is 23.7 Å². The number of sulfonamides is 1. The van der Waals surface area contributed by atoms with Gasteiger partial charge in [-0.3, -0.25) is 4.79 Å². The monoisotopic (exact) mass is 414 g/mol. The van der Waals surface area contributed by atoms with Gasteiger partial charge >= 0.3 is 0 Å². The van der Waals surface area contributed by atoms with Gasteiger partial charge in [-0.25, -0.2) is 8.42 Å². The van der Waals surface area contributed by atoms with E-state index in [1.54, 1.807) is 24.6 Å². The van der Waals surface area contributed by atoms with Crippen molar-refractivity contribution in [2.45, 2.75) is 11.4 Å². The molecule has 0 aliphatic carbocycles. The van der Waals surface area contributed by atoms with E-state index in [-0.39, 0.29) is 15.7 Å². The average molecular weight is 415 g/mol. The van der Waals surface area contributed by atoms with Crippen molar-refractivity contribution >= 4 is 38.9 Å². The smallest absolute Gasteiger partial charge is 0.265 e. The Balaban J connectivity index is 1.80. The van der Waals surface area contributed by atoms with E-state index in [1.165, 1.54) is 15.3 Å². The fourth-order valence-corrected chi connectivity index (χ4v) is 5.61. The molecule has 1 aromatic carbocycles. The molecule has 1 aliphatic rings. The number of hydrogen-bond donors (Lipinski definition) is 0. The maximum Gasteiger partial charge on any atom is 0.265 e. The van der Waals surface area contributed by atoms with Gasteiger partial charge in [0.1, 0.15) is 9.77 Å². The van der Waals surface area contributed by atoms with Crippen molar-refractivity contribution in [3.05, 3.63) is 51.2 Å². The summed E-state index contributed by atoms with van der Waals surface area (Å²) in [4.78, 5) is 14.6. The van der Waals surface area contributed by atoms with E-state index in [4.69, 9.17) is 16.3 Å². The van der Waals surface area contributed by atoms with Crippen molar-refractivity contribution < 1.29 is 17.9 Å². The van der Waals surface area contributed by atoms with Crippen molar-refractivity contribution in [2.75, 3.05) is 33.4 Å². The highest BCUT2D eigenvalue weighted by Crippen LogP contribution is 2.27. The molecule has 140 valence electrons. The predicted molar refractivity (Wildman–Crippen MR) is 101 cm³/mol. The number of morpholine rings is 1. The van der Waals surface area contributed by atoms with Gasteiger partial charge < -0.3 is 9.64 Å². The number of hydrogen-bond acceptors (Lipinski definition) is 5. The first-order valence-corrected chi connectivity index (χ1v) is 10.7. The van der Waals surface area contributed by atoms with Crippen molar-refractivity contribution in [2.24, 2.45) is 0 Å². The summed E-state index contributed by atoms with van der Waals surface area (Å²) in [6.07, 6.45) is 0. The molecule has 1 saturated heterocycles. The van der Waals surface area contributed by atoms with Crippen LogP contribution in [0.4, 0.5) is 0 Å². The minimum Gasteiger partial charge on any atom is -0.379 e. The number of ether oxygens (including phenoxy) is 1. The van der Waals surface area contributed by atoms with E-state index in [9.17, 15) is 13.2 Å². The van der Waals surface area contributed by atoms with Crippen molar-refractivity contribution in [3.8, 4) is 0 Å². The summed E-state index contributed by atoms with van der Waals surface area (Å²) in [5.74, 6) is -0.318. The molecule has 2 heterocycles. The Morgan fingerprint density at radius 1 is 1.23 bits per heavy atom. The highest BCUT2D eigenvalue weighted by Gasteiger charge is 2.32. The molecule has 3 rings (SSSR count). The highest BCUT2D eigenvalue weighted by molar-refractivity contribution is 7.89. The van der Waals surface area contributed by atoms with Gasteiger partial charge in [0, 0.05) is 31.7 Å². The maximum absolute atomic E-state index is 12.9. The third-order valence-electron chi connectivity index (χ3n) is 4.09. The fourth-order valence-electron chi connectivity index (χ4n) is 2.69. The summed E-state index contributed by atoms with van der Waals surface area (Å²) in [6.45, 7) is 1.69. The average Bonchev–Trinajstić information content (AvgIpc) is 3.14. The minimum atomic E-state index is -3.71. The first-order valence-electron chi connectivity index (χ1n) is 8.05. The van der Waals surface area contributed by atoms with Crippen LogP contribution in [0.2, 0.25) is 5.02 Å². The largest absolute Gasteiger partial charge is 0.379 e. The van der Waals surface area contributed by atoms with Crippen LogP contribution >= 0.6 is 22.9 Å². The number of thiophene rings is 1. The van der Waals surface area contributed by atoms with Crippen LogP contribution in [-0.2, 0) is 21.3 Å². The zero-order valence-electron chi connectivity index (χ0n) is 14.2. The summed E-state index contributed by atoms with van der Waals surface area (Å²) in [6, 6.07) is 8.69. The van der Waals surface area contributed by atoms with E-state index in [2.05, 4.69) is 0 Å². The number of carbonyl (C=O) groups is 1. The van der Waals surface area contributed by atoms with Crippen LogP contribution in [0.5, 0.6) is 0 Å². The number of halogens is 1. The molecule has 2 aromatic rings. The summed E-state index contributed by atoms with van der Waals surface area (Å²) >= 11 is 7.02. The molecule has 0 unspecified atom stereocenters. The van der Waals surface area contributed by atoms with Gasteiger partial charge in [-0.2, -0.15) is 4.31 Å². The molecule has 1 fully saturated rings. The molecule has 0 spiro atoms. The van der Waals surface area contributed by atoms with Gasteiger partial charge in [0.25, 0.3) is 5.91 Å². The second-order valence-electron chi connectivity index (χ2n) is 5.92. The molecule has 1 aliphatic heterocycles. The molecule has 0 bridgehead atoms. The highest BCUT2D eigenvalue weighted by atomic mass is 35.5. The van der Waals surface area contributed by atoms with Crippen molar-refractivity contribution in [3.63, 3.8) is 0 Å². The van der Waals surface area contributed by atoms with Crippen LogP contribution in [-0.4, -0.2) is 56.9 Å². The molecular weight excluding hydrogens is 396 g/mol. The molecule has 0 saturated carbocycles. The van der Waals surface area contributed by atoms with E-state index in [1.807, 2.05) is 12.1 Å². The quantitative estimate of drug-likeness (QED) is 0.754. The molecule has 9 heteroatoms. The predicted octanol–water partition coefficient (Wildman–Crippen LogP) is 2.69. The fraction of sp³-hybridized carbons (Fsp3) is 0.353. The summed E-state index contributed by atoms with van der Waals surface area (Å²) in [5, 5.41) is 2.26. The van der Waals surface area contributed by atoms with E-state index in [0.29, 0.717) is 37.9 Å². The maximum atomic E-state index is 12.9. The van der Waals surface area contributed by atoms with Gasteiger partial charge in [-0.15, -0.1) is 11.3 Å². The molecule has 0 radical (unpaired) electrons.